The highest BCUT2D eigenvalue weighted by Gasteiger charge is 2.26. The van der Waals surface area contributed by atoms with Crippen molar-refractivity contribution in [3.8, 4) is 0 Å². The van der Waals surface area contributed by atoms with Gasteiger partial charge in [0.1, 0.15) is 5.65 Å². The Bertz CT molecular complexity index is 657. The zero-order valence-corrected chi connectivity index (χ0v) is 8.56. The third-order valence-corrected chi connectivity index (χ3v) is 2.41. The van der Waals surface area contributed by atoms with E-state index < -0.39 is 12.0 Å². The summed E-state index contributed by atoms with van der Waals surface area (Å²) >= 11 is 0. The van der Waals surface area contributed by atoms with E-state index in [1.165, 1.54) is 6.08 Å². The number of hydrogen-bond acceptors (Lipinski definition) is 4. The van der Waals surface area contributed by atoms with Gasteiger partial charge < -0.3 is 9.72 Å². The first-order valence-corrected chi connectivity index (χ1v) is 4.91. The average molecular weight is 229 g/mol. The molecule has 0 radical (unpaired) electrons. The van der Waals surface area contributed by atoms with Gasteiger partial charge in [-0.3, -0.25) is 10.1 Å². The number of imide groups is 1. The predicted octanol–water partition coefficient (Wildman–Crippen LogP) is 1.17. The summed E-state index contributed by atoms with van der Waals surface area (Å²) < 4.78 is 4.72. The monoisotopic (exact) mass is 229 g/mol. The summed E-state index contributed by atoms with van der Waals surface area (Å²) in [6, 6.07) is 3.65. The van der Waals surface area contributed by atoms with Crippen molar-refractivity contribution in [2.24, 2.45) is 0 Å². The Labute approximate surface area is 95.3 Å². The fourth-order valence-corrected chi connectivity index (χ4v) is 1.66. The molecule has 2 N–H and O–H groups in total. The lowest BCUT2D eigenvalue weighted by Crippen LogP contribution is -2.18. The molecule has 1 saturated heterocycles. The van der Waals surface area contributed by atoms with Crippen molar-refractivity contribution in [3.05, 3.63) is 35.8 Å². The summed E-state index contributed by atoms with van der Waals surface area (Å²) in [5, 5.41) is 2.89. The number of H-pyrrole nitrogens is 1. The van der Waals surface area contributed by atoms with E-state index in [0.717, 1.165) is 10.9 Å². The number of alkyl carbamates (subject to hydrolysis) is 1. The Morgan fingerprint density at radius 1 is 1.35 bits per heavy atom. The molecule has 6 nitrogen and oxygen atoms in total. The molecule has 0 aliphatic carbocycles. The predicted molar refractivity (Wildman–Crippen MR) is 58.7 cm³/mol. The molecule has 1 aliphatic rings. The Kier molecular flexibility index (Phi) is 1.94. The molecule has 1 aliphatic heterocycles. The van der Waals surface area contributed by atoms with Gasteiger partial charge in [-0.2, -0.15) is 0 Å². The first-order valence-electron chi connectivity index (χ1n) is 4.91. The van der Waals surface area contributed by atoms with Crippen LogP contribution in [0.3, 0.4) is 0 Å². The first kappa shape index (κ1) is 9.59. The van der Waals surface area contributed by atoms with Crippen LogP contribution in [0.4, 0.5) is 4.79 Å². The van der Waals surface area contributed by atoms with Crippen molar-refractivity contribution in [1.29, 1.82) is 0 Å². The SMILES string of the molecule is O=C1NC(=O)/C(=C/c2c[nH]c3ncccc23)O1. The molecule has 3 heterocycles. The van der Waals surface area contributed by atoms with Crippen molar-refractivity contribution in [3.63, 3.8) is 0 Å². The van der Waals surface area contributed by atoms with Gasteiger partial charge >= 0.3 is 6.09 Å². The van der Waals surface area contributed by atoms with Crippen LogP contribution in [0, 0.1) is 0 Å². The van der Waals surface area contributed by atoms with Crippen LogP contribution in [0.25, 0.3) is 17.1 Å². The molecule has 0 atom stereocenters. The third-order valence-electron chi connectivity index (χ3n) is 2.41. The standard InChI is InChI=1S/C11H7N3O3/c15-10-8(17-11(16)14-10)4-6-5-13-9-7(6)2-1-3-12-9/h1-5H,(H,12,13)(H,14,15,16)/b8-4-. The maximum atomic E-state index is 11.3. The number of cyclic esters (lactones) is 1. The van der Waals surface area contributed by atoms with Gasteiger partial charge in [-0.25, -0.2) is 9.78 Å². The topological polar surface area (TPSA) is 84.1 Å². The van der Waals surface area contributed by atoms with Gasteiger partial charge in [0.25, 0.3) is 5.91 Å². The van der Waals surface area contributed by atoms with Gasteiger partial charge in [-0.05, 0) is 18.2 Å². The number of nitrogens with one attached hydrogen (secondary N) is 2. The van der Waals surface area contributed by atoms with Crippen molar-refractivity contribution in [2.45, 2.75) is 0 Å². The first-order chi connectivity index (χ1) is 8.24. The number of carbonyl (C=O) groups is 2. The van der Waals surface area contributed by atoms with Crippen LogP contribution in [0.1, 0.15) is 5.56 Å². The van der Waals surface area contributed by atoms with Gasteiger partial charge in [0.15, 0.2) is 5.76 Å². The molecule has 0 bridgehead atoms. The Hall–Kier alpha value is -2.63. The molecule has 2 amide bonds. The highest BCUT2D eigenvalue weighted by atomic mass is 16.6. The molecule has 0 spiro atoms. The third kappa shape index (κ3) is 1.55. The maximum Gasteiger partial charge on any atom is 0.419 e. The van der Waals surface area contributed by atoms with Gasteiger partial charge in [-0.15, -0.1) is 0 Å². The Morgan fingerprint density at radius 3 is 3.00 bits per heavy atom. The Balaban J connectivity index is 2.08. The minimum atomic E-state index is -0.751. The summed E-state index contributed by atoms with van der Waals surface area (Å²) in [6.07, 6.45) is 4.11. The van der Waals surface area contributed by atoms with E-state index in [1.54, 1.807) is 18.5 Å². The van der Waals surface area contributed by atoms with Crippen LogP contribution >= 0.6 is 0 Å². The number of amides is 2. The van der Waals surface area contributed by atoms with Crippen LogP contribution in [0.2, 0.25) is 0 Å². The lowest BCUT2D eigenvalue weighted by atomic mass is 10.2. The van der Waals surface area contributed by atoms with Crippen molar-refractivity contribution in [2.75, 3.05) is 0 Å². The minimum absolute atomic E-state index is 0.0141. The molecule has 6 heteroatoms. The molecule has 2 aromatic heterocycles. The van der Waals surface area contributed by atoms with Crippen LogP contribution in [0.5, 0.6) is 0 Å². The average Bonchev–Trinajstić information content (AvgIpc) is 2.85. The van der Waals surface area contributed by atoms with E-state index >= 15 is 0 Å². The van der Waals surface area contributed by atoms with Crippen LogP contribution < -0.4 is 5.32 Å². The molecular weight excluding hydrogens is 222 g/mol. The highest BCUT2D eigenvalue weighted by molar-refractivity contribution is 6.10. The summed E-state index contributed by atoms with van der Waals surface area (Å²) in [5.41, 5.74) is 1.46. The number of fused-ring (bicyclic) bond motifs is 1. The normalized spacial score (nSPS) is 17.5. The Morgan fingerprint density at radius 2 is 2.24 bits per heavy atom. The molecular formula is C11H7N3O3. The second-order valence-corrected chi connectivity index (χ2v) is 3.50. The number of hydrogen-bond donors (Lipinski definition) is 2. The van der Waals surface area contributed by atoms with Gasteiger partial charge in [0, 0.05) is 23.3 Å². The number of carbonyl (C=O) groups excluding carboxylic acids is 2. The second-order valence-electron chi connectivity index (χ2n) is 3.50. The number of nitrogens with zero attached hydrogens (tertiary/aromatic N) is 1. The van der Waals surface area contributed by atoms with Crippen molar-refractivity contribution < 1.29 is 14.3 Å². The van der Waals surface area contributed by atoms with Gasteiger partial charge in [0.05, 0.1) is 0 Å². The number of aromatic nitrogens is 2. The molecule has 84 valence electrons. The second kappa shape index (κ2) is 3.44. The molecule has 2 aromatic rings. The van der Waals surface area contributed by atoms with E-state index in [4.69, 9.17) is 4.74 Å². The molecule has 1 fully saturated rings. The van der Waals surface area contributed by atoms with Crippen LogP contribution in [0.15, 0.2) is 30.3 Å². The lowest BCUT2D eigenvalue weighted by Gasteiger charge is -1.92. The smallest absolute Gasteiger partial charge is 0.404 e. The van der Waals surface area contributed by atoms with Crippen molar-refractivity contribution in [1.82, 2.24) is 15.3 Å². The molecule has 0 saturated carbocycles. The summed E-state index contributed by atoms with van der Waals surface area (Å²) in [5.74, 6) is -0.548. The molecule has 0 aromatic carbocycles. The fraction of sp³-hybridized carbons (Fsp3) is 0. The van der Waals surface area contributed by atoms with Gasteiger partial charge in [-0.1, -0.05) is 0 Å². The minimum Gasteiger partial charge on any atom is -0.404 e. The molecule has 0 unspecified atom stereocenters. The van der Waals surface area contributed by atoms with Crippen LogP contribution in [-0.2, 0) is 9.53 Å². The van der Waals surface area contributed by atoms with Crippen LogP contribution in [-0.4, -0.2) is 22.0 Å². The summed E-state index contributed by atoms with van der Waals surface area (Å²) in [6.45, 7) is 0. The summed E-state index contributed by atoms with van der Waals surface area (Å²) in [7, 11) is 0. The molecule has 17 heavy (non-hydrogen) atoms. The number of pyridine rings is 1. The van der Waals surface area contributed by atoms with E-state index in [9.17, 15) is 9.59 Å². The summed E-state index contributed by atoms with van der Waals surface area (Å²) in [4.78, 5) is 29.2. The van der Waals surface area contributed by atoms with E-state index in [2.05, 4.69) is 9.97 Å². The van der Waals surface area contributed by atoms with E-state index in [1.807, 2.05) is 11.4 Å². The quantitative estimate of drug-likeness (QED) is 0.719. The maximum absolute atomic E-state index is 11.3. The van der Waals surface area contributed by atoms with E-state index in [-0.39, 0.29) is 5.76 Å². The van der Waals surface area contributed by atoms with Crippen molar-refractivity contribution >= 4 is 29.1 Å². The zero-order valence-electron chi connectivity index (χ0n) is 8.56. The van der Waals surface area contributed by atoms with Gasteiger partial charge in [0.2, 0.25) is 0 Å². The number of ether oxygens (including phenoxy) is 1. The highest BCUT2D eigenvalue weighted by Crippen LogP contribution is 2.20. The largest absolute Gasteiger partial charge is 0.419 e. The number of aromatic amines is 1. The lowest BCUT2D eigenvalue weighted by molar-refractivity contribution is -0.116. The fourth-order valence-electron chi connectivity index (χ4n) is 1.66. The zero-order chi connectivity index (χ0) is 11.8. The molecule has 3 rings (SSSR count). The number of rotatable bonds is 1. The van der Waals surface area contributed by atoms with E-state index in [0.29, 0.717) is 5.65 Å².